The Labute approximate surface area is 135 Å². The van der Waals surface area contributed by atoms with Crippen LogP contribution in [0.2, 0.25) is 0 Å². The number of thiazole rings is 1. The number of hydrogen-bond donors (Lipinski definition) is 0. The summed E-state index contributed by atoms with van der Waals surface area (Å²) in [6, 6.07) is 0. The molecular formula is C16H24N2O3S. The molecule has 1 aliphatic carbocycles. The summed E-state index contributed by atoms with van der Waals surface area (Å²) < 4.78 is 4.95. The van der Waals surface area contributed by atoms with Crippen LogP contribution in [0.25, 0.3) is 0 Å². The summed E-state index contributed by atoms with van der Waals surface area (Å²) in [5, 5.41) is 2.50. The van der Waals surface area contributed by atoms with Crippen molar-refractivity contribution >= 4 is 23.2 Å². The molecule has 6 heteroatoms. The van der Waals surface area contributed by atoms with Crippen molar-refractivity contribution in [1.29, 1.82) is 0 Å². The largest absolute Gasteiger partial charge is 0.461 e. The number of aromatic nitrogens is 1. The quantitative estimate of drug-likeness (QED) is 0.722. The van der Waals surface area contributed by atoms with Crippen molar-refractivity contribution in [2.24, 2.45) is 5.92 Å². The molecule has 122 valence electrons. The third-order valence-corrected chi connectivity index (χ3v) is 4.71. The van der Waals surface area contributed by atoms with E-state index in [-0.39, 0.29) is 11.8 Å². The van der Waals surface area contributed by atoms with Crippen LogP contribution >= 0.6 is 11.3 Å². The van der Waals surface area contributed by atoms with E-state index in [4.69, 9.17) is 4.74 Å². The average molecular weight is 324 g/mol. The summed E-state index contributed by atoms with van der Waals surface area (Å²) in [5.41, 5.74) is 0.339. The Morgan fingerprint density at radius 1 is 1.36 bits per heavy atom. The van der Waals surface area contributed by atoms with Crippen molar-refractivity contribution in [3.8, 4) is 0 Å². The Bertz CT molecular complexity index is 509. The standard InChI is InChI=1S/C16H24N2O3S/c1-3-9-18(15(19)12-7-5-6-8-12)10-14-17-13(11-22-14)16(20)21-4-2/h11-12H,3-10H2,1-2H3. The molecule has 0 atom stereocenters. The van der Waals surface area contributed by atoms with Gasteiger partial charge in [0.05, 0.1) is 13.2 Å². The Kier molecular flexibility index (Phi) is 6.36. The number of amides is 1. The maximum absolute atomic E-state index is 12.6. The van der Waals surface area contributed by atoms with E-state index in [1.807, 2.05) is 4.90 Å². The van der Waals surface area contributed by atoms with Gasteiger partial charge in [0.15, 0.2) is 5.69 Å². The van der Waals surface area contributed by atoms with Crippen LogP contribution in [0.5, 0.6) is 0 Å². The van der Waals surface area contributed by atoms with Gasteiger partial charge in [0.25, 0.3) is 0 Å². The van der Waals surface area contributed by atoms with E-state index >= 15 is 0 Å². The Morgan fingerprint density at radius 3 is 2.73 bits per heavy atom. The molecule has 0 saturated heterocycles. The van der Waals surface area contributed by atoms with E-state index in [1.165, 1.54) is 11.3 Å². The SMILES string of the molecule is CCCN(Cc1nc(C(=O)OCC)cs1)C(=O)C1CCCC1. The third-order valence-electron chi connectivity index (χ3n) is 3.87. The molecule has 5 nitrogen and oxygen atoms in total. The van der Waals surface area contributed by atoms with Crippen molar-refractivity contribution in [3.63, 3.8) is 0 Å². The molecule has 1 saturated carbocycles. The predicted octanol–water partition coefficient (Wildman–Crippen LogP) is 3.25. The van der Waals surface area contributed by atoms with Gasteiger partial charge in [-0.1, -0.05) is 19.8 Å². The van der Waals surface area contributed by atoms with E-state index in [0.717, 1.165) is 43.7 Å². The van der Waals surface area contributed by atoms with E-state index < -0.39 is 5.97 Å². The minimum atomic E-state index is -0.394. The highest BCUT2D eigenvalue weighted by Gasteiger charge is 2.27. The summed E-state index contributed by atoms with van der Waals surface area (Å²) in [5.74, 6) is 0.0254. The molecule has 0 radical (unpaired) electrons. The average Bonchev–Trinajstić information content (AvgIpc) is 3.18. The maximum Gasteiger partial charge on any atom is 0.357 e. The number of esters is 1. The summed E-state index contributed by atoms with van der Waals surface area (Å²) in [6.45, 7) is 5.42. The van der Waals surface area contributed by atoms with E-state index in [9.17, 15) is 9.59 Å². The lowest BCUT2D eigenvalue weighted by Crippen LogP contribution is -2.35. The van der Waals surface area contributed by atoms with Crippen molar-refractivity contribution in [1.82, 2.24) is 9.88 Å². The van der Waals surface area contributed by atoms with Crippen LogP contribution in [0.15, 0.2) is 5.38 Å². The number of nitrogens with zero attached hydrogens (tertiary/aromatic N) is 2. The molecule has 1 aromatic heterocycles. The minimum absolute atomic E-state index is 0.177. The fourth-order valence-corrected chi connectivity index (χ4v) is 3.59. The second kappa shape index (κ2) is 8.27. The highest BCUT2D eigenvalue weighted by atomic mass is 32.1. The minimum Gasteiger partial charge on any atom is -0.461 e. The Hall–Kier alpha value is -1.43. The van der Waals surface area contributed by atoms with Gasteiger partial charge < -0.3 is 9.64 Å². The van der Waals surface area contributed by atoms with Crippen LogP contribution in [0.4, 0.5) is 0 Å². The van der Waals surface area contributed by atoms with Gasteiger partial charge in [-0.25, -0.2) is 9.78 Å². The highest BCUT2D eigenvalue weighted by molar-refractivity contribution is 7.09. The molecule has 0 N–H and O–H groups in total. The van der Waals surface area contributed by atoms with E-state index in [2.05, 4.69) is 11.9 Å². The first kappa shape index (κ1) is 16.9. The zero-order valence-corrected chi connectivity index (χ0v) is 14.2. The molecule has 0 spiro atoms. The van der Waals surface area contributed by atoms with Crippen LogP contribution in [0.3, 0.4) is 0 Å². The van der Waals surface area contributed by atoms with Crippen LogP contribution in [-0.2, 0) is 16.1 Å². The number of ether oxygens (including phenoxy) is 1. The van der Waals surface area contributed by atoms with Crippen LogP contribution in [0.1, 0.15) is 61.4 Å². The molecule has 1 heterocycles. The molecule has 1 amide bonds. The van der Waals surface area contributed by atoms with Crippen molar-refractivity contribution in [2.75, 3.05) is 13.2 Å². The van der Waals surface area contributed by atoms with Gasteiger partial charge in [-0.05, 0) is 26.2 Å². The number of rotatable bonds is 7. The molecular weight excluding hydrogens is 300 g/mol. The summed E-state index contributed by atoms with van der Waals surface area (Å²) in [4.78, 5) is 30.5. The van der Waals surface area contributed by atoms with Gasteiger partial charge in [0, 0.05) is 17.8 Å². The zero-order valence-electron chi connectivity index (χ0n) is 13.3. The van der Waals surface area contributed by atoms with Crippen LogP contribution < -0.4 is 0 Å². The third kappa shape index (κ3) is 4.29. The molecule has 0 aliphatic heterocycles. The Morgan fingerprint density at radius 2 is 2.09 bits per heavy atom. The molecule has 22 heavy (non-hydrogen) atoms. The number of carbonyl (C=O) groups excluding carboxylic acids is 2. The second-order valence-electron chi connectivity index (χ2n) is 5.59. The van der Waals surface area contributed by atoms with Gasteiger partial charge in [-0.3, -0.25) is 4.79 Å². The van der Waals surface area contributed by atoms with Gasteiger partial charge in [-0.2, -0.15) is 0 Å². The fourth-order valence-electron chi connectivity index (χ4n) is 2.81. The first-order valence-corrected chi connectivity index (χ1v) is 8.94. The van der Waals surface area contributed by atoms with E-state index in [0.29, 0.717) is 18.8 Å². The molecule has 1 aromatic rings. The zero-order chi connectivity index (χ0) is 15.9. The first-order valence-electron chi connectivity index (χ1n) is 8.06. The van der Waals surface area contributed by atoms with Crippen LogP contribution in [-0.4, -0.2) is 34.9 Å². The summed E-state index contributed by atoms with van der Waals surface area (Å²) >= 11 is 1.41. The van der Waals surface area contributed by atoms with Gasteiger partial charge >= 0.3 is 5.97 Å². The van der Waals surface area contributed by atoms with Crippen molar-refractivity contribution in [3.05, 3.63) is 16.1 Å². The fraction of sp³-hybridized carbons (Fsp3) is 0.688. The number of hydrogen-bond acceptors (Lipinski definition) is 5. The van der Waals surface area contributed by atoms with Crippen molar-refractivity contribution < 1.29 is 14.3 Å². The lowest BCUT2D eigenvalue weighted by Gasteiger charge is -2.24. The smallest absolute Gasteiger partial charge is 0.357 e. The molecule has 0 bridgehead atoms. The summed E-state index contributed by atoms with van der Waals surface area (Å²) in [7, 11) is 0. The van der Waals surface area contributed by atoms with Crippen molar-refractivity contribution in [2.45, 2.75) is 52.5 Å². The molecule has 1 fully saturated rings. The van der Waals surface area contributed by atoms with Gasteiger partial charge in [-0.15, -0.1) is 11.3 Å². The van der Waals surface area contributed by atoms with E-state index in [1.54, 1.807) is 12.3 Å². The van der Waals surface area contributed by atoms with Crippen LogP contribution in [0, 0.1) is 5.92 Å². The molecule has 0 aromatic carbocycles. The van der Waals surface area contributed by atoms with Gasteiger partial charge in [0.1, 0.15) is 5.01 Å². The predicted molar refractivity (Wildman–Crippen MR) is 85.7 cm³/mol. The molecule has 1 aliphatic rings. The second-order valence-corrected chi connectivity index (χ2v) is 6.53. The number of carbonyl (C=O) groups is 2. The normalized spacial score (nSPS) is 15.0. The molecule has 0 unspecified atom stereocenters. The summed E-state index contributed by atoms with van der Waals surface area (Å²) in [6.07, 6.45) is 5.24. The highest BCUT2D eigenvalue weighted by Crippen LogP contribution is 2.27. The lowest BCUT2D eigenvalue weighted by molar-refractivity contribution is -0.136. The topological polar surface area (TPSA) is 59.5 Å². The monoisotopic (exact) mass is 324 g/mol. The lowest BCUT2D eigenvalue weighted by atomic mass is 10.1. The Balaban J connectivity index is 2.01. The first-order chi connectivity index (χ1) is 10.7. The molecule has 2 rings (SSSR count). The van der Waals surface area contributed by atoms with Gasteiger partial charge in [0.2, 0.25) is 5.91 Å². The maximum atomic E-state index is 12.6.